The van der Waals surface area contributed by atoms with E-state index >= 15 is 0 Å². The van der Waals surface area contributed by atoms with Gasteiger partial charge in [0.05, 0.1) is 11.5 Å². The maximum Gasteiger partial charge on any atom is 0.194 e. The summed E-state index contributed by atoms with van der Waals surface area (Å²) in [6, 6.07) is 1.21. The molecule has 2 atom stereocenters. The van der Waals surface area contributed by atoms with Crippen LogP contribution < -0.4 is 5.32 Å². The number of hydrogen-bond donors (Lipinski definition) is 1. The highest BCUT2D eigenvalue weighted by molar-refractivity contribution is 14.0. The van der Waals surface area contributed by atoms with E-state index in [0.29, 0.717) is 30.1 Å². The molecule has 0 amide bonds. The highest BCUT2D eigenvalue weighted by atomic mass is 127. The van der Waals surface area contributed by atoms with Crippen molar-refractivity contribution in [2.24, 2.45) is 10.9 Å². The van der Waals surface area contributed by atoms with E-state index in [4.69, 9.17) is 4.99 Å². The summed E-state index contributed by atoms with van der Waals surface area (Å²) >= 11 is 0. The Hall–Kier alpha value is -0.0900. The van der Waals surface area contributed by atoms with Crippen LogP contribution in [0.1, 0.15) is 57.8 Å². The number of rotatable bonds is 4. The van der Waals surface area contributed by atoms with E-state index in [-0.39, 0.29) is 29.9 Å². The Labute approximate surface area is 187 Å². The molecular formula is C20H37IN4O2S. The number of nitrogens with one attached hydrogen (secondary N) is 1. The van der Waals surface area contributed by atoms with E-state index in [9.17, 15) is 8.42 Å². The number of halogens is 1. The standard InChI is InChI=1S/C20H36N4O2S.HI/c25-27(26)13-9-17(16-27)14-21-20(22-18-6-2-3-7-18)24-12-8-19(15-24)23-10-4-1-5-11-23;/h17-19H,1-16H2,(H,21,22);1H. The summed E-state index contributed by atoms with van der Waals surface area (Å²) in [6.45, 7) is 5.30. The second kappa shape index (κ2) is 10.3. The molecule has 3 saturated heterocycles. The minimum atomic E-state index is -2.82. The fourth-order valence-electron chi connectivity index (χ4n) is 5.24. The first-order valence-corrected chi connectivity index (χ1v) is 12.9. The summed E-state index contributed by atoms with van der Waals surface area (Å²) in [5.74, 6) is 1.92. The molecule has 1 aliphatic carbocycles. The number of guanidine groups is 1. The Morgan fingerprint density at radius 2 is 1.71 bits per heavy atom. The van der Waals surface area contributed by atoms with Gasteiger partial charge in [0.15, 0.2) is 15.8 Å². The topological polar surface area (TPSA) is 65.0 Å². The molecule has 0 aromatic heterocycles. The van der Waals surface area contributed by atoms with E-state index in [2.05, 4.69) is 15.1 Å². The average molecular weight is 525 g/mol. The number of piperidine rings is 1. The minimum Gasteiger partial charge on any atom is -0.354 e. The molecule has 2 unspecified atom stereocenters. The Bertz CT molecular complexity index is 630. The van der Waals surface area contributed by atoms with Gasteiger partial charge in [-0.05, 0) is 57.5 Å². The summed E-state index contributed by atoms with van der Waals surface area (Å²) in [5, 5.41) is 3.73. The SMILES string of the molecule is I.O=S1(=O)CCC(CN=C(NC2CCCC2)N2CCC(N3CCCCC3)C2)C1. The zero-order chi connectivity index (χ0) is 18.7. The van der Waals surface area contributed by atoms with Crippen LogP contribution >= 0.6 is 24.0 Å². The molecule has 0 spiro atoms. The smallest absolute Gasteiger partial charge is 0.194 e. The first-order valence-electron chi connectivity index (χ1n) is 11.1. The highest BCUT2D eigenvalue weighted by Gasteiger charge is 2.32. The van der Waals surface area contributed by atoms with Gasteiger partial charge in [-0.1, -0.05) is 19.3 Å². The Morgan fingerprint density at radius 1 is 0.964 bits per heavy atom. The van der Waals surface area contributed by atoms with Crippen LogP contribution in [0.15, 0.2) is 4.99 Å². The van der Waals surface area contributed by atoms with Crippen LogP contribution in [0.25, 0.3) is 0 Å². The van der Waals surface area contributed by atoms with Crippen LogP contribution in [0.5, 0.6) is 0 Å². The third-order valence-corrected chi connectivity index (χ3v) is 8.72. The summed E-state index contributed by atoms with van der Waals surface area (Å²) in [6.07, 6.45) is 11.2. The monoisotopic (exact) mass is 524 g/mol. The second-order valence-corrected chi connectivity index (χ2v) is 11.3. The van der Waals surface area contributed by atoms with Gasteiger partial charge in [0.25, 0.3) is 0 Å². The van der Waals surface area contributed by atoms with Gasteiger partial charge < -0.3 is 10.2 Å². The lowest BCUT2D eigenvalue weighted by molar-refractivity contribution is 0.168. The zero-order valence-corrected chi connectivity index (χ0v) is 20.2. The first kappa shape index (κ1) is 22.6. The van der Waals surface area contributed by atoms with Gasteiger partial charge in [-0.15, -0.1) is 24.0 Å². The largest absolute Gasteiger partial charge is 0.354 e. The molecule has 162 valence electrons. The zero-order valence-electron chi connectivity index (χ0n) is 17.0. The van der Waals surface area contributed by atoms with Crippen LogP contribution in [-0.4, -0.2) is 80.5 Å². The van der Waals surface area contributed by atoms with Crippen LogP contribution in [0.2, 0.25) is 0 Å². The molecule has 1 saturated carbocycles. The van der Waals surface area contributed by atoms with Crippen LogP contribution in [-0.2, 0) is 9.84 Å². The van der Waals surface area contributed by atoms with Gasteiger partial charge in [0.1, 0.15) is 0 Å². The maximum absolute atomic E-state index is 11.8. The molecule has 0 aromatic carbocycles. The van der Waals surface area contributed by atoms with Gasteiger partial charge in [0, 0.05) is 31.7 Å². The number of aliphatic imine (C=N–C) groups is 1. The van der Waals surface area contributed by atoms with Crippen LogP contribution in [0.3, 0.4) is 0 Å². The molecule has 6 nitrogen and oxygen atoms in total. The average Bonchev–Trinajstić information content (AvgIpc) is 3.40. The third-order valence-electron chi connectivity index (χ3n) is 6.88. The normalized spacial score (nSPS) is 31.9. The maximum atomic E-state index is 11.8. The second-order valence-electron chi connectivity index (χ2n) is 9.04. The van der Waals surface area contributed by atoms with Crippen molar-refractivity contribution >= 4 is 39.8 Å². The quantitative estimate of drug-likeness (QED) is 0.348. The Balaban J connectivity index is 0.00000225. The summed E-state index contributed by atoms with van der Waals surface area (Å²) in [4.78, 5) is 10.1. The molecule has 0 bridgehead atoms. The molecule has 3 heterocycles. The predicted molar refractivity (Wildman–Crippen MR) is 125 cm³/mol. The van der Waals surface area contributed by atoms with E-state index in [1.807, 2.05) is 0 Å². The van der Waals surface area contributed by atoms with Crippen molar-refractivity contribution in [3.8, 4) is 0 Å². The molecule has 3 aliphatic heterocycles. The minimum absolute atomic E-state index is 0. The molecule has 4 aliphatic rings. The van der Waals surface area contributed by atoms with Gasteiger partial charge in [-0.25, -0.2) is 8.42 Å². The molecule has 1 N–H and O–H groups in total. The number of likely N-dealkylation sites (tertiary alicyclic amines) is 2. The van der Waals surface area contributed by atoms with Crippen molar-refractivity contribution < 1.29 is 8.42 Å². The van der Waals surface area contributed by atoms with Gasteiger partial charge in [-0.2, -0.15) is 0 Å². The van der Waals surface area contributed by atoms with Crippen molar-refractivity contribution in [1.82, 2.24) is 15.1 Å². The molecule has 4 fully saturated rings. The predicted octanol–water partition coefficient (Wildman–Crippen LogP) is 2.49. The third kappa shape index (κ3) is 5.97. The molecule has 4 rings (SSSR count). The number of sulfone groups is 1. The molecule has 0 aromatic rings. The van der Waals surface area contributed by atoms with Gasteiger partial charge in [-0.3, -0.25) is 9.89 Å². The van der Waals surface area contributed by atoms with Crippen molar-refractivity contribution in [2.45, 2.75) is 69.9 Å². The lowest BCUT2D eigenvalue weighted by Crippen LogP contribution is -2.47. The lowest BCUT2D eigenvalue weighted by Gasteiger charge is -2.32. The molecule has 28 heavy (non-hydrogen) atoms. The summed E-state index contributed by atoms with van der Waals surface area (Å²) in [5.41, 5.74) is 0. The lowest BCUT2D eigenvalue weighted by atomic mass is 10.1. The van der Waals surface area contributed by atoms with Crippen LogP contribution in [0, 0.1) is 5.92 Å². The Kier molecular flexibility index (Phi) is 8.30. The van der Waals surface area contributed by atoms with Crippen molar-refractivity contribution in [3.05, 3.63) is 0 Å². The highest BCUT2D eigenvalue weighted by Crippen LogP contribution is 2.23. The summed E-state index contributed by atoms with van der Waals surface area (Å²) in [7, 11) is -2.82. The summed E-state index contributed by atoms with van der Waals surface area (Å²) < 4.78 is 23.5. The molecule has 0 radical (unpaired) electrons. The fraction of sp³-hybridized carbons (Fsp3) is 0.950. The molecule has 8 heteroatoms. The van der Waals surface area contributed by atoms with E-state index in [1.165, 1.54) is 64.5 Å². The van der Waals surface area contributed by atoms with E-state index in [1.54, 1.807) is 0 Å². The van der Waals surface area contributed by atoms with Crippen LogP contribution in [0.4, 0.5) is 0 Å². The number of nitrogens with zero attached hydrogens (tertiary/aromatic N) is 3. The van der Waals surface area contributed by atoms with Crippen molar-refractivity contribution in [3.63, 3.8) is 0 Å². The van der Waals surface area contributed by atoms with E-state index < -0.39 is 9.84 Å². The van der Waals surface area contributed by atoms with E-state index in [0.717, 1.165) is 25.5 Å². The number of hydrogen-bond acceptors (Lipinski definition) is 4. The van der Waals surface area contributed by atoms with Crippen molar-refractivity contribution in [2.75, 3.05) is 44.2 Å². The van der Waals surface area contributed by atoms with Gasteiger partial charge >= 0.3 is 0 Å². The molecular weight excluding hydrogens is 487 g/mol. The first-order chi connectivity index (χ1) is 13.1. The fourth-order valence-corrected chi connectivity index (χ4v) is 7.09. The Morgan fingerprint density at radius 3 is 2.39 bits per heavy atom. The van der Waals surface area contributed by atoms with Crippen molar-refractivity contribution in [1.29, 1.82) is 0 Å². The van der Waals surface area contributed by atoms with Gasteiger partial charge in [0.2, 0.25) is 0 Å².